The van der Waals surface area contributed by atoms with E-state index in [2.05, 4.69) is 204 Å². The van der Waals surface area contributed by atoms with Gasteiger partial charge >= 0.3 is 0 Å². The first-order valence-electron chi connectivity index (χ1n) is 17.7. The molecule has 0 saturated carbocycles. The minimum absolute atomic E-state index is 0.468. The summed E-state index contributed by atoms with van der Waals surface area (Å²) in [5, 5.41) is 2.56. The van der Waals surface area contributed by atoms with E-state index in [1.165, 1.54) is 72.0 Å². The first-order chi connectivity index (χ1) is 25.3. The molecule has 11 rings (SSSR count). The fourth-order valence-electron chi connectivity index (χ4n) is 9.23. The number of anilines is 3. The van der Waals surface area contributed by atoms with Gasteiger partial charge < -0.3 is 9.47 Å². The Morgan fingerprint density at radius 3 is 1.75 bits per heavy atom. The van der Waals surface area contributed by atoms with Gasteiger partial charge in [-0.15, -0.1) is 0 Å². The molecule has 51 heavy (non-hydrogen) atoms. The molecule has 2 aliphatic rings. The van der Waals surface area contributed by atoms with E-state index >= 15 is 0 Å². The van der Waals surface area contributed by atoms with Crippen molar-refractivity contribution in [3.05, 3.63) is 216 Å². The lowest BCUT2D eigenvalue weighted by atomic mass is 9.65. The zero-order valence-corrected chi connectivity index (χ0v) is 27.9. The number of aromatic nitrogens is 1. The third-order valence-electron chi connectivity index (χ3n) is 11.2. The van der Waals surface area contributed by atoms with Gasteiger partial charge in [0.2, 0.25) is 0 Å². The quantitative estimate of drug-likeness (QED) is 0.184. The van der Waals surface area contributed by atoms with E-state index in [0.717, 1.165) is 17.1 Å². The first-order valence-corrected chi connectivity index (χ1v) is 17.7. The van der Waals surface area contributed by atoms with Crippen molar-refractivity contribution in [2.45, 2.75) is 5.41 Å². The average Bonchev–Trinajstić information content (AvgIpc) is 3.70. The minimum Gasteiger partial charge on any atom is -0.310 e. The summed E-state index contributed by atoms with van der Waals surface area (Å²) in [7, 11) is 0. The molecule has 0 amide bonds. The van der Waals surface area contributed by atoms with Crippen molar-refractivity contribution in [3.8, 4) is 27.9 Å². The Labute approximate surface area is 297 Å². The summed E-state index contributed by atoms with van der Waals surface area (Å²) in [6, 6.07) is 71.4. The standard InChI is InChI=1S/C49H32N2/c1-3-16-33(17-4-1)36-20-9-13-28-45(36)50(34-18-5-2-6-19-34)35-30-31-43-47(32-35)51-46-29-14-10-23-39(46)40-24-15-27-44(48(40)51)49(43)41-25-11-7-21-37(41)38-22-8-12-26-42(38)49/h1-32H. The van der Waals surface area contributed by atoms with Crippen LogP contribution in [0.1, 0.15) is 22.3 Å². The number of para-hydroxylation sites is 4. The van der Waals surface area contributed by atoms with Crippen LogP contribution in [0.15, 0.2) is 194 Å². The highest BCUT2D eigenvalue weighted by molar-refractivity contribution is 6.13. The maximum atomic E-state index is 2.54. The van der Waals surface area contributed by atoms with Gasteiger partial charge in [-0.1, -0.05) is 158 Å². The van der Waals surface area contributed by atoms with Crippen LogP contribution in [0.3, 0.4) is 0 Å². The van der Waals surface area contributed by atoms with Crippen molar-refractivity contribution >= 4 is 38.9 Å². The molecule has 0 fully saturated rings. The number of benzene rings is 8. The summed E-state index contributed by atoms with van der Waals surface area (Å²) in [5.74, 6) is 0. The average molecular weight is 649 g/mol. The molecular weight excluding hydrogens is 617 g/mol. The van der Waals surface area contributed by atoms with E-state index < -0.39 is 5.41 Å². The normalized spacial score (nSPS) is 13.3. The van der Waals surface area contributed by atoms with Crippen LogP contribution in [0, 0.1) is 0 Å². The maximum absolute atomic E-state index is 2.54. The van der Waals surface area contributed by atoms with Crippen LogP contribution in [0.5, 0.6) is 0 Å². The highest BCUT2D eigenvalue weighted by Crippen LogP contribution is 2.61. The SMILES string of the molecule is c1ccc(-c2ccccc2N(c2ccccc2)c2ccc3c(c2)-n2c4ccccc4c4cccc(c42)C32c3ccccc3-c3ccccc32)cc1. The largest absolute Gasteiger partial charge is 0.310 e. The van der Waals surface area contributed by atoms with Crippen LogP contribution in [-0.4, -0.2) is 4.57 Å². The molecule has 0 unspecified atom stereocenters. The third-order valence-corrected chi connectivity index (χ3v) is 11.2. The van der Waals surface area contributed by atoms with Gasteiger partial charge in [-0.3, -0.25) is 0 Å². The van der Waals surface area contributed by atoms with Gasteiger partial charge in [0.05, 0.1) is 27.8 Å². The smallest absolute Gasteiger partial charge is 0.0754 e. The Hall–Kier alpha value is -6.64. The fraction of sp³-hybridized carbons (Fsp3) is 0.0204. The highest BCUT2D eigenvalue weighted by atomic mass is 15.1. The van der Waals surface area contributed by atoms with Crippen LogP contribution in [0.2, 0.25) is 0 Å². The maximum Gasteiger partial charge on any atom is 0.0754 e. The zero-order valence-electron chi connectivity index (χ0n) is 27.9. The summed E-state index contributed by atoms with van der Waals surface area (Å²) in [6.45, 7) is 0. The second-order valence-corrected chi connectivity index (χ2v) is 13.7. The van der Waals surface area contributed by atoms with Gasteiger partial charge in [0.1, 0.15) is 0 Å². The molecule has 1 aromatic heterocycles. The summed E-state index contributed by atoms with van der Waals surface area (Å²) in [6.07, 6.45) is 0. The Morgan fingerprint density at radius 2 is 0.980 bits per heavy atom. The van der Waals surface area contributed by atoms with E-state index in [-0.39, 0.29) is 0 Å². The van der Waals surface area contributed by atoms with Crippen LogP contribution < -0.4 is 4.90 Å². The van der Waals surface area contributed by atoms with Crippen molar-refractivity contribution in [1.82, 2.24) is 4.57 Å². The van der Waals surface area contributed by atoms with Crippen LogP contribution in [0.4, 0.5) is 17.1 Å². The molecule has 8 aromatic carbocycles. The predicted octanol–water partition coefficient (Wildman–Crippen LogP) is 12.6. The molecular formula is C49H32N2. The Bertz CT molecular complexity index is 2760. The van der Waals surface area contributed by atoms with Crippen LogP contribution in [-0.2, 0) is 5.41 Å². The predicted molar refractivity (Wildman–Crippen MR) is 212 cm³/mol. The van der Waals surface area contributed by atoms with E-state index in [1.54, 1.807) is 0 Å². The summed E-state index contributed by atoms with van der Waals surface area (Å²) >= 11 is 0. The van der Waals surface area contributed by atoms with E-state index in [9.17, 15) is 0 Å². The highest BCUT2D eigenvalue weighted by Gasteiger charge is 2.50. The lowest BCUT2D eigenvalue weighted by Crippen LogP contribution is -2.33. The lowest BCUT2D eigenvalue weighted by Gasteiger charge is -2.40. The molecule has 2 heterocycles. The summed E-state index contributed by atoms with van der Waals surface area (Å²) in [4.78, 5) is 2.43. The Kier molecular flexibility index (Phi) is 5.91. The second-order valence-electron chi connectivity index (χ2n) is 13.7. The van der Waals surface area contributed by atoms with Crippen molar-refractivity contribution in [2.75, 3.05) is 4.90 Å². The van der Waals surface area contributed by atoms with Gasteiger partial charge in [0.15, 0.2) is 0 Å². The van der Waals surface area contributed by atoms with Crippen molar-refractivity contribution in [2.24, 2.45) is 0 Å². The van der Waals surface area contributed by atoms with E-state index in [1.807, 2.05) is 0 Å². The molecule has 0 saturated heterocycles. The molecule has 1 aliphatic carbocycles. The van der Waals surface area contributed by atoms with Crippen LogP contribution in [0.25, 0.3) is 49.7 Å². The summed E-state index contributed by atoms with van der Waals surface area (Å²) in [5.41, 5.74) is 17.0. The van der Waals surface area contributed by atoms with Gasteiger partial charge in [-0.05, 0) is 75.3 Å². The molecule has 0 bridgehead atoms. The number of hydrogen-bond acceptors (Lipinski definition) is 1. The number of hydrogen-bond donors (Lipinski definition) is 0. The summed E-state index contributed by atoms with van der Waals surface area (Å²) < 4.78 is 2.54. The fourth-order valence-corrected chi connectivity index (χ4v) is 9.23. The molecule has 2 heteroatoms. The number of nitrogens with zero attached hydrogens (tertiary/aromatic N) is 2. The minimum atomic E-state index is -0.468. The van der Waals surface area contributed by atoms with Crippen molar-refractivity contribution in [1.29, 1.82) is 0 Å². The third kappa shape index (κ3) is 3.76. The van der Waals surface area contributed by atoms with E-state index in [4.69, 9.17) is 0 Å². The number of rotatable bonds is 4. The molecule has 0 radical (unpaired) electrons. The first kappa shape index (κ1) is 28.2. The van der Waals surface area contributed by atoms with Gasteiger partial charge in [-0.2, -0.15) is 0 Å². The van der Waals surface area contributed by atoms with Crippen molar-refractivity contribution < 1.29 is 0 Å². The van der Waals surface area contributed by atoms with Crippen molar-refractivity contribution in [3.63, 3.8) is 0 Å². The molecule has 2 nitrogen and oxygen atoms in total. The molecule has 1 spiro atoms. The van der Waals surface area contributed by atoms with E-state index in [0.29, 0.717) is 0 Å². The second kappa shape index (κ2) is 10.7. The molecule has 0 atom stereocenters. The molecule has 1 aliphatic heterocycles. The van der Waals surface area contributed by atoms with Gasteiger partial charge in [0, 0.05) is 27.7 Å². The monoisotopic (exact) mass is 648 g/mol. The number of fused-ring (bicyclic) bond motifs is 12. The Balaban J connectivity index is 1.27. The Morgan fingerprint density at radius 1 is 0.392 bits per heavy atom. The topological polar surface area (TPSA) is 8.17 Å². The zero-order chi connectivity index (χ0) is 33.5. The molecule has 0 N–H and O–H groups in total. The molecule has 238 valence electrons. The molecule has 9 aromatic rings. The lowest BCUT2D eigenvalue weighted by molar-refractivity contribution is 0.748. The van der Waals surface area contributed by atoms with Crippen LogP contribution >= 0.6 is 0 Å². The van der Waals surface area contributed by atoms with Gasteiger partial charge in [-0.25, -0.2) is 0 Å². The van der Waals surface area contributed by atoms with Gasteiger partial charge in [0.25, 0.3) is 0 Å².